The Morgan fingerprint density at radius 3 is 2.81 bits per heavy atom. The first-order valence-corrected chi connectivity index (χ1v) is 6.56. The number of pyridine rings is 1. The summed E-state index contributed by atoms with van der Waals surface area (Å²) in [5.41, 5.74) is 0.318. The van der Waals surface area contributed by atoms with Gasteiger partial charge in [-0.25, -0.2) is 0 Å². The third kappa shape index (κ3) is 3.16. The zero-order chi connectivity index (χ0) is 15.4. The molecule has 0 saturated heterocycles. The molecule has 0 unspecified atom stereocenters. The number of halogens is 1. The minimum Gasteiger partial charge on any atom is -0.490 e. The Labute approximate surface area is 128 Å². The molecule has 0 radical (unpaired) electrons. The molecule has 0 spiro atoms. The number of nitro benzene ring substituents is 1. The summed E-state index contributed by atoms with van der Waals surface area (Å²) in [5.74, 6) is -0.590. The van der Waals surface area contributed by atoms with Gasteiger partial charge in [-0.2, -0.15) is 0 Å². The van der Waals surface area contributed by atoms with Crippen molar-refractivity contribution < 1.29 is 14.5 Å². The molecule has 0 aliphatic carbocycles. The van der Waals surface area contributed by atoms with Gasteiger partial charge in [0, 0.05) is 18.5 Å². The number of rotatable bonds is 4. The molecule has 7 nitrogen and oxygen atoms in total. The van der Waals surface area contributed by atoms with E-state index in [0.29, 0.717) is 10.2 Å². The summed E-state index contributed by atoms with van der Waals surface area (Å²) in [5, 5.41) is 13.6. The molecule has 1 aromatic heterocycles. The predicted molar refractivity (Wildman–Crippen MR) is 79.5 cm³/mol. The zero-order valence-electron chi connectivity index (χ0n) is 10.9. The molecular weight excluding hydrogens is 342 g/mol. The Kier molecular flexibility index (Phi) is 4.49. The lowest BCUT2D eigenvalue weighted by atomic mass is 10.1. The molecule has 1 amide bonds. The quantitative estimate of drug-likeness (QED) is 0.674. The minimum atomic E-state index is -0.599. The first kappa shape index (κ1) is 14.9. The Bertz CT molecular complexity index is 706. The number of nitro groups is 1. The fourth-order valence-electron chi connectivity index (χ4n) is 1.73. The van der Waals surface area contributed by atoms with Crippen molar-refractivity contribution in [2.24, 2.45) is 0 Å². The van der Waals surface area contributed by atoms with E-state index in [-0.39, 0.29) is 17.0 Å². The van der Waals surface area contributed by atoms with Crippen LogP contribution in [0.4, 0.5) is 11.4 Å². The minimum absolute atomic E-state index is 0.0785. The first-order valence-electron chi connectivity index (χ1n) is 5.77. The summed E-state index contributed by atoms with van der Waals surface area (Å²) >= 11 is 3.25. The van der Waals surface area contributed by atoms with Gasteiger partial charge in [-0.15, -0.1) is 0 Å². The van der Waals surface area contributed by atoms with Crippen LogP contribution in [0.25, 0.3) is 0 Å². The Balaban J connectivity index is 2.38. The van der Waals surface area contributed by atoms with Crippen LogP contribution < -0.4 is 10.1 Å². The molecule has 0 atom stereocenters. The van der Waals surface area contributed by atoms with Crippen molar-refractivity contribution in [2.45, 2.75) is 0 Å². The van der Waals surface area contributed by atoms with E-state index in [2.05, 4.69) is 26.2 Å². The van der Waals surface area contributed by atoms with Gasteiger partial charge >= 0.3 is 5.69 Å². The lowest BCUT2D eigenvalue weighted by Crippen LogP contribution is -2.14. The molecule has 108 valence electrons. The van der Waals surface area contributed by atoms with Crippen LogP contribution in [0.15, 0.2) is 41.1 Å². The lowest BCUT2D eigenvalue weighted by Gasteiger charge is -2.10. The van der Waals surface area contributed by atoms with Gasteiger partial charge in [0.05, 0.1) is 27.8 Å². The largest absolute Gasteiger partial charge is 0.490 e. The topological polar surface area (TPSA) is 94.4 Å². The van der Waals surface area contributed by atoms with Gasteiger partial charge in [0.15, 0.2) is 0 Å². The number of para-hydroxylation sites is 1. The monoisotopic (exact) mass is 351 g/mol. The fraction of sp³-hybridized carbons (Fsp3) is 0.0769. The normalized spacial score (nSPS) is 10.0. The highest BCUT2D eigenvalue weighted by Crippen LogP contribution is 2.31. The maximum atomic E-state index is 12.3. The van der Waals surface area contributed by atoms with E-state index in [0.717, 1.165) is 0 Å². The smallest absolute Gasteiger partial charge is 0.311 e. The van der Waals surface area contributed by atoms with E-state index >= 15 is 0 Å². The van der Waals surface area contributed by atoms with E-state index in [1.54, 1.807) is 6.07 Å². The number of hydrogen-bond donors (Lipinski definition) is 1. The van der Waals surface area contributed by atoms with Gasteiger partial charge in [0.2, 0.25) is 5.75 Å². The van der Waals surface area contributed by atoms with Crippen LogP contribution in [-0.2, 0) is 0 Å². The molecule has 1 heterocycles. The highest BCUT2D eigenvalue weighted by atomic mass is 79.9. The van der Waals surface area contributed by atoms with E-state index in [1.807, 2.05) is 0 Å². The number of benzene rings is 1. The van der Waals surface area contributed by atoms with Crippen LogP contribution in [0.5, 0.6) is 5.75 Å². The van der Waals surface area contributed by atoms with Gasteiger partial charge in [-0.05, 0) is 28.1 Å². The lowest BCUT2D eigenvalue weighted by molar-refractivity contribution is -0.385. The summed E-state index contributed by atoms with van der Waals surface area (Å²) in [6.07, 6.45) is 3.05. The molecule has 0 bridgehead atoms. The fourth-order valence-corrected chi connectivity index (χ4v) is 2.08. The highest BCUT2D eigenvalue weighted by Gasteiger charge is 2.22. The van der Waals surface area contributed by atoms with E-state index in [9.17, 15) is 14.9 Å². The summed E-state index contributed by atoms with van der Waals surface area (Å²) in [6.45, 7) is 0. The Hall–Kier alpha value is -2.48. The molecule has 21 heavy (non-hydrogen) atoms. The molecule has 2 rings (SSSR count). The number of hydrogen-bond acceptors (Lipinski definition) is 5. The van der Waals surface area contributed by atoms with Crippen LogP contribution >= 0.6 is 15.9 Å². The van der Waals surface area contributed by atoms with Crippen molar-refractivity contribution in [3.8, 4) is 5.75 Å². The van der Waals surface area contributed by atoms with Gasteiger partial charge in [-0.3, -0.25) is 19.9 Å². The molecule has 0 aliphatic heterocycles. The van der Waals surface area contributed by atoms with Crippen LogP contribution in [0.3, 0.4) is 0 Å². The third-order valence-corrected chi connectivity index (χ3v) is 3.29. The second-order valence-electron chi connectivity index (χ2n) is 3.92. The number of ether oxygens (including phenoxy) is 1. The van der Waals surface area contributed by atoms with Gasteiger partial charge in [0.1, 0.15) is 0 Å². The molecule has 1 N–H and O–H groups in total. The second kappa shape index (κ2) is 6.31. The van der Waals surface area contributed by atoms with E-state index in [4.69, 9.17) is 4.74 Å². The average molecular weight is 352 g/mol. The van der Waals surface area contributed by atoms with Crippen LogP contribution in [0, 0.1) is 10.1 Å². The first-order chi connectivity index (χ1) is 10.0. The number of amides is 1. The van der Waals surface area contributed by atoms with Crippen molar-refractivity contribution in [2.75, 3.05) is 12.4 Å². The van der Waals surface area contributed by atoms with Gasteiger partial charge in [0.25, 0.3) is 5.91 Å². The molecule has 0 aliphatic rings. The summed E-state index contributed by atoms with van der Waals surface area (Å²) < 4.78 is 5.60. The number of nitrogens with one attached hydrogen (secondary N) is 1. The molecule has 2 aromatic rings. The van der Waals surface area contributed by atoms with E-state index in [1.165, 1.54) is 37.7 Å². The number of aromatic nitrogens is 1. The Morgan fingerprint density at radius 2 is 2.19 bits per heavy atom. The highest BCUT2D eigenvalue weighted by molar-refractivity contribution is 9.10. The molecule has 0 saturated carbocycles. The van der Waals surface area contributed by atoms with Gasteiger partial charge < -0.3 is 10.1 Å². The SMILES string of the molecule is COc1c(C(=O)Nc2ccncc2Br)cccc1[N+](=O)[O-]. The van der Waals surface area contributed by atoms with E-state index < -0.39 is 10.8 Å². The average Bonchev–Trinajstić information content (AvgIpc) is 2.48. The van der Waals surface area contributed by atoms with Crippen LogP contribution in [-0.4, -0.2) is 22.9 Å². The molecule has 0 fully saturated rings. The molecule has 1 aromatic carbocycles. The van der Waals surface area contributed by atoms with Crippen molar-refractivity contribution in [3.05, 3.63) is 56.8 Å². The summed E-state index contributed by atoms with van der Waals surface area (Å²) in [4.78, 5) is 26.5. The molecule has 8 heteroatoms. The second-order valence-corrected chi connectivity index (χ2v) is 4.78. The van der Waals surface area contributed by atoms with Crippen LogP contribution in [0.2, 0.25) is 0 Å². The number of nitrogens with zero attached hydrogens (tertiary/aromatic N) is 2. The van der Waals surface area contributed by atoms with Crippen molar-refractivity contribution in [1.29, 1.82) is 0 Å². The zero-order valence-corrected chi connectivity index (χ0v) is 12.5. The summed E-state index contributed by atoms with van der Waals surface area (Å²) in [6, 6.07) is 5.76. The molecular formula is C13H10BrN3O4. The standard InChI is InChI=1S/C13H10BrN3O4/c1-21-12-8(3-2-4-11(12)17(19)20)13(18)16-10-5-6-15-7-9(10)14/h2-7H,1H3,(H,15,16,18). The van der Waals surface area contributed by atoms with Crippen molar-refractivity contribution >= 4 is 33.2 Å². The van der Waals surface area contributed by atoms with Crippen LogP contribution in [0.1, 0.15) is 10.4 Å². The van der Waals surface area contributed by atoms with Gasteiger partial charge in [-0.1, -0.05) is 6.07 Å². The Morgan fingerprint density at radius 1 is 1.43 bits per heavy atom. The number of anilines is 1. The number of carbonyl (C=O) groups excluding carboxylic acids is 1. The maximum absolute atomic E-state index is 12.3. The number of carbonyl (C=O) groups is 1. The number of methoxy groups -OCH3 is 1. The third-order valence-electron chi connectivity index (χ3n) is 2.66. The maximum Gasteiger partial charge on any atom is 0.311 e. The predicted octanol–water partition coefficient (Wildman–Crippen LogP) is 3.01. The summed E-state index contributed by atoms with van der Waals surface area (Å²) in [7, 11) is 1.28. The van der Waals surface area contributed by atoms with Crippen molar-refractivity contribution in [3.63, 3.8) is 0 Å². The van der Waals surface area contributed by atoms with Crippen molar-refractivity contribution in [1.82, 2.24) is 4.98 Å².